The highest BCUT2D eigenvalue weighted by Crippen LogP contribution is 2.20. The highest BCUT2D eigenvalue weighted by molar-refractivity contribution is 5.88. The van der Waals surface area contributed by atoms with Gasteiger partial charge in [0.05, 0.1) is 0 Å². The minimum absolute atomic E-state index is 0.159. The minimum atomic E-state index is -1.08. The van der Waals surface area contributed by atoms with E-state index in [0.29, 0.717) is 25.1 Å². The molecule has 0 radical (unpaired) electrons. The second-order valence-electron chi connectivity index (χ2n) is 9.80. The van der Waals surface area contributed by atoms with Crippen LogP contribution in [-0.4, -0.2) is 45.9 Å². The number of aliphatic hydroxyl groups excluding tert-OH is 1. The van der Waals surface area contributed by atoms with Gasteiger partial charge in [-0.05, 0) is 37.0 Å². The van der Waals surface area contributed by atoms with Crippen LogP contribution in [-0.2, 0) is 9.59 Å². The molecule has 2 rings (SSSR count). The number of aromatic nitrogens is 1. The van der Waals surface area contributed by atoms with Crippen molar-refractivity contribution in [2.75, 3.05) is 13.1 Å². The molecule has 6 nitrogen and oxygen atoms in total. The molecule has 2 amide bonds. The van der Waals surface area contributed by atoms with Crippen molar-refractivity contribution in [2.24, 2.45) is 0 Å². The minimum Gasteiger partial charge on any atom is -0.386 e. The van der Waals surface area contributed by atoms with Crippen LogP contribution in [0.2, 0.25) is 0 Å². The molecule has 1 fully saturated rings. The summed E-state index contributed by atoms with van der Waals surface area (Å²) in [4.78, 5) is 31.4. The quantitative estimate of drug-likeness (QED) is 0.268. The van der Waals surface area contributed by atoms with Crippen molar-refractivity contribution in [3.63, 3.8) is 0 Å². The molecule has 6 heteroatoms. The summed E-state index contributed by atoms with van der Waals surface area (Å²) in [6, 6.07) is 2.43. The van der Waals surface area contributed by atoms with Crippen molar-refractivity contribution < 1.29 is 14.7 Å². The zero-order valence-electron chi connectivity index (χ0n) is 21.4. The number of hydrogen-bond acceptors (Lipinski definition) is 4. The van der Waals surface area contributed by atoms with Gasteiger partial charge in [-0.15, -0.1) is 0 Å². The lowest BCUT2D eigenvalue weighted by Gasteiger charge is -2.28. The summed E-state index contributed by atoms with van der Waals surface area (Å²) in [5.74, 6) is -0.353. The first-order chi connectivity index (χ1) is 16.6. The van der Waals surface area contributed by atoms with E-state index in [1.54, 1.807) is 29.4 Å². The fourth-order valence-corrected chi connectivity index (χ4v) is 4.71. The number of amides is 2. The van der Waals surface area contributed by atoms with Crippen LogP contribution < -0.4 is 5.32 Å². The molecule has 1 unspecified atom stereocenters. The summed E-state index contributed by atoms with van der Waals surface area (Å²) < 4.78 is 0. The van der Waals surface area contributed by atoms with Crippen LogP contribution in [0.4, 0.5) is 0 Å². The van der Waals surface area contributed by atoms with Crippen molar-refractivity contribution in [2.45, 2.75) is 122 Å². The van der Waals surface area contributed by atoms with Crippen LogP contribution in [0, 0.1) is 0 Å². The molecule has 1 saturated heterocycles. The van der Waals surface area contributed by atoms with Crippen molar-refractivity contribution >= 4 is 11.8 Å². The van der Waals surface area contributed by atoms with Gasteiger partial charge in [0.1, 0.15) is 12.1 Å². The van der Waals surface area contributed by atoms with Crippen LogP contribution in [0.5, 0.6) is 0 Å². The van der Waals surface area contributed by atoms with Crippen molar-refractivity contribution in [3.8, 4) is 0 Å². The Kier molecular flexibility index (Phi) is 14.5. The van der Waals surface area contributed by atoms with Gasteiger partial charge in [0, 0.05) is 31.9 Å². The van der Waals surface area contributed by atoms with Crippen molar-refractivity contribution in [3.05, 3.63) is 30.1 Å². The Morgan fingerprint density at radius 1 is 0.882 bits per heavy atom. The summed E-state index contributed by atoms with van der Waals surface area (Å²) in [5, 5.41) is 13.7. The largest absolute Gasteiger partial charge is 0.386 e. The maximum Gasteiger partial charge on any atom is 0.248 e. The fourth-order valence-electron chi connectivity index (χ4n) is 4.71. The fraction of sp³-hybridized carbons (Fsp3) is 0.750. The zero-order chi connectivity index (χ0) is 24.4. The monoisotopic (exact) mass is 473 g/mol. The number of likely N-dealkylation sites (tertiary alicyclic amines) is 1. The number of nitrogens with zero attached hydrogens (tertiary/aromatic N) is 2. The molecule has 0 aromatic carbocycles. The topological polar surface area (TPSA) is 82.5 Å². The van der Waals surface area contributed by atoms with Crippen molar-refractivity contribution in [1.82, 2.24) is 15.2 Å². The third-order valence-electron chi connectivity index (χ3n) is 6.87. The number of unbranched alkanes of at least 4 members (excludes halogenated alkanes) is 12. The van der Waals surface area contributed by atoms with E-state index < -0.39 is 12.1 Å². The maximum absolute atomic E-state index is 13.0. The average molecular weight is 474 g/mol. The summed E-state index contributed by atoms with van der Waals surface area (Å²) in [7, 11) is 0. The Hall–Kier alpha value is -1.95. The lowest BCUT2D eigenvalue weighted by Crippen LogP contribution is -2.51. The number of carbonyl (C=O) groups excluding carboxylic acids is 2. The van der Waals surface area contributed by atoms with E-state index in [1.807, 2.05) is 0 Å². The van der Waals surface area contributed by atoms with Gasteiger partial charge in [0.15, 0.2) is 0 Å². The SMILES string of the molecule is CCCCCCCCCCCCCCCC(=O)NC(C(=O)N1CCCC1)[C@@H](O)c1ccncc1. The Balaban J connectivity index is 1.63. The van der Waals surface area contributed by atoms with Crippen LogP contribution >= 0.6 is 0 Å². The number of pyridine rings is 1. The van der Waals surface area contributed by atoms with Gasteiger partial charge >= 0.3 is 0 Å². The molecular formula is C28H47N3O3. The van der Waals surface area contributed by atoms with Crippen molar-refractivity contribution in [1.29, 1.82) is 0 Å². The van der Waals surface area contributed by atoms with Gasteiger partial charge in [-0.25, -0.2) is 0 Å². The van der Waals surface area contributed by atoms with E-state index in [4.69, 9.17) is 0 Å². The van der Waals surface area contributed by atoms with E-state index in [2.05, 4.69) is 17.2 Å². The molecule has 0 aliphatic carbocycles. The third-order valence-corrected chi connectivity index (χ3v) is 6.87. The molecule has 2 heterocycles. The first-order valence-electron chi connectivity index (χ1n) is 13.8. The molecule has 1 aromatic rings. The molecule has 1 aliphatic heterocycles. The van der Waals surface area contributed by atoms with E-state index in [9.17, 15) is 14.7 Å². The van der Waals surface area contributed by atoms with Gasteiger partial charge in [-0.3, -0.25) is 14.6 Å². The summed E-state index contributed by atoms with van der Waals surface area (Å²) in [6.45, 7) is 3.63. The lowest BCUT2D eigenvalue weighted by molar-refractivity contribution is -0.139. The molecule has 2 atom stereocenters. The second-order valence-corrected chi connectivity index (χ2v) is 9.80. The Labute approximate surface area is 206 Å². The van der Waals surface area contributed by atoms with Crippen LogP contribution in [0.15, 0.2) is 24.5 Å². The predicted octanol–water partition coefficient (Wildman–Crippen LogP) is 5.70. The third kappa shape index (κ3) is 11.0. The highest BCUT2D eigenvalue weighted by Gasteiger charge is 2.33. The molecule has 0 saturated carbocycles. The maximum atomic E-state index is 13.0. The van der Waals surface area contributed by atoms with Gasteiger partial charge in [-0.1, -0.05) is 84.0 Å². The molecule has 2 N–H and O–H groups in total. The zero-order valence-corrected chi connectivity index (χ0v) is 21.4. The Bertz CT molecular complexity index is 677. The second kappa shape index (κ2) is 17.5. The highest BCUT2D eigenvalue weighted by atomic mass is 16.3. The summed E-state index contributed by atoms with van der Waals surface area (Å²) in [5.41, 5.74) is 0.591. The van der Waals surface area contributed by atoms with Gasteiger partial charge in [-0.2, -0.15) is 0 Å². The van der Waals surface area contributed by atoms with Gasteiger partial charge in [0.25, 0.3) is 0 Å². The molecule has 0 spiro atoms. The number of carbonyl (C=O) groups is 2. The predicted molar refractivity (Wildman–Crippen MR) is 137 cm³/mol. The van der Waals surface area contributed by atoms with Gasteiger partial charge < -0.3 is 15.3 Å². The number of nitrogens with one attached hydrogen (secondary N) is 1. The molecule has 0 bridgehead atoms. The standard InChI is InChI=1S/C28H47N3O3/c1-2-3-4-5-6-7-8-9-10-11-12-13-14-17-25(32)30-26(28(34)31-22-15-16-23-31)27(33)24-18-20-29-21-19-24/h18-21,26-27,33H,2-17,22-23H2,1H3,(H,30,32)/t26?,27-/m0/s1. The smallest absolute Gasteiger partial charge is 0.248 e. The first kappa shape index (κ1) is 28.3. The van der Waals surface area contributed by atoms with E-state index in [-0.39, 0.29) is 11.8 Å². The lowest BCUT2D eigenvalue weighted by atomic mass is 10.0. The summed E-state index contributed by atoms with van der Waals surface area (Å²) in [6.07, 6.45) is 20.8. The van der Waals surface area contributed by atoms with Crippen LogP contribution in [0.25, 0.3) is 0 Å². The number of aliphatic hydroxyl groups is 1. The number of hydrogen-bond donors (Lipinski definition) is 2. The normalized spacial score (nSPS) is 15.3. The Morgan fingerprint density at radius 3 is 1.91 bits per heavy atom. The average Bonchev–Trinajstić information content (AvgIpc) is 3.40. The molecule has 1 aromatic heterocycles. The molecule has 34 heavy (non-hydrogen) atoms. The molecule has 1 aliphatic rings. The van der Waals surface area contributed by atoms with E-state index in [1.165, 1.54) is 64.2 Å². The Morgan fingerprint density at radius 2 is 1.38 bits per heavy atom. The van der Waals surface area contributed by atoms with E-state index in [0.717, 1.165) is 32.1 Å². The van der Waals surface area contributed by atoms with Gasteiger partial charge in [0.2, 0.25) is 11.8 Å². The van der Waals surface area contributed by atoms with E-state index >= 15 is 0 Å². The summed E-state index contributed by atoms with van der Waals surface area (Å²) >= 11 is 0. The number of rotatable bonds is 18. The first-order valence-corrected chi connectivity index (χ1v) is 13.8. The van der Waals surface area contributed by atoms with Crippen LogP contribution in [0.3, 0.4) is 0 Å². The molecule has 192 valence electrons. The van der Waals surface area contributed by atoms with Crippen LogP contribution in [0.1, 0.15) is 121 Å². The molecular weight excluding hydrogens is 426 g/mol.